The molecule has 8 heteroatoms. The van der Waals surface area contributed by atoms with Crippen LogP contribution in [0.4, 0.5) is 0 Å². The highest BCUT2D eigenvalue weighted by Crippen LogP contribution is 2.33. The summed E-state index contributed by atoms with van der Waals surface area (Å²) in [4.78, 5) is 35.4. The standard InChI is InChI=1S/C20H21N7O/c1-13-4-8-26(18(28)9-17-21-5-2-6-22-17)12-15(13)20-25-11-14-10-24-19-16(27(14)20)3-7-23-19/h2-3,5-7,10-11,13,15,23H,4,8-9,12H2,1H3/t13-,15+/m1/s1. The van der Waals surface area contributed by atoms with E-state index < -0.39 is 0 Å². The van der Waals surface area contributed by atoms with Gasteiger partial charge in [0, 0.05) is 37.6 Å². The van der Waals surface area contributed by atoms with Crippen molar-refractivity contribution in [2.45, 2.75) is 25.7 Å². The van der Waals surface area contributed by atoms with Gasteiger partial charge >= 0.3 is 0 Å². The third-order valence-electron chi connectivity index (χ3n) is 5.66. The van der Waals surface area contributed by atoms with E-state index in [0.717, 1.165) is 35.5 Å². The van der Waals surface area contributed by atoms with Gasteiger partial charge < -0.3 is 9.88 Å². The van der Waals surface area contributed by atoms with Crippen molar-refractivity contribution < 1.29 is 4.79 Å². The summed E-state index contributed by atoms with van der Waals surface area (Å²) in [5.41, 5.74) is 2.82. The molecule has 28 heavy (non-hydrogen) atoms. The van der Waals surface area contributed by atoms with Crippen molar-refractivity contribution in [1.82, 2.24) is 34.2 Å². The molecular formula is C20H21N7O. The third kappa shape index (κ3) is 2.81. The summed E-state index contributed by atoms with van der Waals surface area (Å²) in [5.74, 6) is 2.22. The summed E-state index contributed by atoms with van der Waals surface area (Å²) >= 11 is 0. The first-order valence-corrected chi connectivity index (χ1v) is 9.54. The molecule has 5 heterocycles. The second-order valence-corrected chi connectivity index (χ2v) is 7.40. The molecule has 1 saturated heterocycles. The Bertz CT molecular complexity index is 1130. The second-order valence-electron chi connectivity index (χ2n) is 7.40. The van der Waals surface area contributed by atoms with Crippen LogP contribution in [0.2, 0.25) is 0 Å². The lowest BCUT2D eigenvalue weighted by Gasteiger charge is -2.36. The maximum Gasteiger partial charge on any atom is 0.230 e. The molecule has 0 aromatic carbocycles. The highest BCUT2D eigenvalue weighted by Gasteiger charge is 2.33. The predicted molar refractivity (Wildman–Crippen MR) is 104 cm³/mol. The van der Waals surface area contributed by atoms with E-state index in [2.05, 4.69) is 31.3 Å². The van der Waals surface area contributed by atoms with Crippen molar-refractivity contribution >= 4 is 22.6 Å². The van der Waals surface area contributed by atoms with Gasteiger partial charge in [-0.15, -0.1) is 0 Å². The molecule has 8 nitrogen and oxygen atoms in total. The van der Waals surface area contributed by atoms with Crippen molar-refractivity contribution in [3.05, 3.63) is 54.8 Å². The number of carbonyl (C=O) groups excluding carboxylic acids is 1. The topological polar surface area (TPSA) is 92.1 Å². The van der Waals surface area contributed by atoms with Gasteiger partial charge in [0.1, 0.15) is 11.6 Å². The van der Waals surface area contributed by atoms with E-state index in [9.17, 15) is 4.79 Å². The molecule has 0 bridgehead atoms. The maximum atomic E-state index is 12.8. The summed E-state index contributed by atoms with van der Waals surface area (Å²) in [6, 6.07) is 3.77. The Morgan fingerprint density at radius 3 is 2.89 bits per heavy atom. The van der Waals surface area contributed by atoms with Crippen LogP contribution in [0, 0.1) is 5.92 Å². The van der Waals surface area contributed by atoms with Gasteiger partial charge in [-0.2, -0.15) is 0 Å². The maximum absolute atomic E-state index is 12.8. The molecule has 0 spiro atoms. The Morgan fingerprint density at radius 2 is 2.04 bits per heavy atom. The number of amides is 1. The smallest absolute Gasteiger partial charge is 0.230 e. The van der Waals surface area contributed by atoms with E-state index in [0.29, 0.717) is 18.3 Å². The van der Waals surface area contributed by atoms with E-state index in [-0.39, 0.29) is 18.2 Å². The Hall–Kier alpha value is -3.29. The SMILES string of the molecule is C[C@@H]1CCN(C(=O)Cc2ncccn2)C[C@@H]1c1ncc2cnc3[nH]ccc3n12. The lowest BCUT2D eigenvalue weighted by Crippen LogP contribution is -2.43. The fraction of sp³-hybridized carbons (Fsp3) is 0.350. The number of likely N-dealkylation sites (tertiary alicyclic amines) is 1. The van der Waals surface area contributed by atoms with Crippen LogP contribution in [0.25, 0.3) is 16.7 Å². The fourth-order valence-corrected chi connectivity index (χ4v) is 4.06. The molecule has 0 radical (unpaired) electrons. The van der Waals surface area contributed by atoms with Crippen molar-refractivity contribution in [3.63, 3.8) is 0 Å². The van der Waals surface area contributed by atoms with Crippen molar-refractivity contribution in [1.29, 1.82) is 0 Å². The van der Waals surface area contributed by atoms with Crippen LogP contribution in [-0.4, -0.2) is 53.2 Å². The number of aromatic nitrogens is 6. The lowest BCUT2D eigenvalue weighted by molar-refractivity contribution is -0.132. The molecule has 0 saturated carbocycles. The van der Waals surface area contributed by atoms with Crippen LogP contribution in [0.15, 0.2) is 43.1 Å². The van der Waals surface area contributed by atoms with Gasteiger partial charge in [0.2, 0.25) is 5.91 Å². The van der Waals surface area contributed by atoms with Crippen LogP contribution in [0.1, 0.15) is 30.9 Å². The first-order valence-electron chi connectivity index (χ1n) is 9.54. The number of hydrogen-bond donors (Lipinski definition) is 1. The first kappa shape index (κ1) is 16.9. The molecule has 1 amide bonds. The molecule has 1 N–H and O–H groups in total. The van der Waals surface area contributed by atoms with E-state index >= 15 is 0 Å². The van der Waals surface area contributed by atoms with Gasteiger partial charge in [-0.05, 0) is 24.5 Å². The summed E-state index contributed by atoms with van der Waals surface area (Å²) in [5, 5.41) is 0. The lowest BCUT2D eigenvalue weighted by atomic mass is 9.86. The zero-order valence-corrected chi connectivity index (χ0v) is 15.6. The molecule has 0 aliphatic carbocycles. The minimum absolute atomic E-state index is 0.0671. The zero-order valence-electron chi connectivity index (χ0n) is 15.6. The average Bonchev–Trinajstić information content (AvgIpc) is 3.35. The Morgan fingerprint density at radius 1 is 1.21 bits per heavy atom. The van der Waals surface area contributed by atoms with Gasteiger partial charge in [0.15, 0.2) is 5.65 Å². The van der Waals surface area contributed by atoms with Crippen LogP contribution in [-0.2, 0) is 11.2 Å². The van der Waals surface area contributed by atoms with Crippen molar-refractivity contribution in [2.75, 3.05) is 13.1 Å². The summed E-state index contributed by atoms with van der Waals surface area (Å²) in [6.45, 7) is 3.65. The largest absolute Gasteiger partial charge is 0.345 e. The summed E-state index contributed by atoms with van der Waals surface area (Å²) in [7, 11) is 0. The molecule has 5 rings (SSSR count). The Kier molecular flexibility index (Phi) is 4.03. The number of carbonyl (C=O) groups is 1. The van der Waals surface area contributed by atoms with Gasteiger partial charge in [0.05, 0.1) is 29.8 Å². The number of piperidine rings is 1. The van der Waals surface area contributed by atoms with Crippen molar-refractivity contribution in [3.8, 4) is 0 Å². The van der Waals surface area contributed by atoms with Gasteiger partial charge in [0.25, 0.3) is 0 Å². The average molecular weight is 375 g/mol. The third-order valence-corrected chi connectivity index (χ3v) is 5.66. The predicted octanol–water partition coefficient (Wildman–Crippen LogP) is 2.20. The summed E-state index contributed by atoms with van der Waals surface area (Å²) < 4.78 is 2.16. The number of hydrogen-bond acceptors (Lipinski definition) is 5. The number of imidazole rings is 1. The normalized spacial score (nSPS) is 20.1. The highest BCUT2D eigenvalue weighted by molar-refractivity contribution is 5.78. The Labute approximate surface area is 161 Å². The molecule has 2 atom stereocenters. The fourth-order valence-electron chi connectivity index (χ4n) is 4.06. The van der Waals surface area contributed by atoms with E-state index in [4.69, 9.17) is 4.98 Å². The summed E-state index contributed by atoms with van der Waals surface area (Å²) in [6.07, 6.45) is 10.1. The van der Waals surface area contributed by atoms with Gasteiger partial charge in [-0.3, -0.25) is 9.20 Å². The number of fused-ring (bicyclic) bond motifs is 3. The number of nitrogens with zero attached hydrogens (tertiary/aromatic N) is 6. The van der Waals surface area contributed by atoms with Gasteiger partial charge in [-0.25, -0.2) is 19.9 Å². The van der Waals surface area contributed by atoms with Crippen LogP contribution in [0.5, 0.6) is 0 Å². The monoisotopic (exact) mass is 375 g/mol. The first-order chi connectivity index (χ1) is 13.7. The van der Waals surface area contributed by atoms with E-state index in [1.54, 1.807) is 18.5 Å². The molecule has 142 valence electrons. The highest BCUT2D eigenvalue weighted by atomic mass is 16.2. The van der Waals surface area contributed by atoms with Crippen molar-refractivity contribution in [2.24, 2.45) is 5.92 Å². The number of H-pyrrole nitrogens is 1. The minimum Gasteiger partial charge on any atom is -0.345 e. The molecule has 1 fully saturated rings. The minimum atomic E-state index is 0.0671. The van der Waals surface area contributed by atoms with Crippen LogP contribution < -0.4 is 0 Å². The van der Waals surface area contributed by atoms with Crippen LogP contribution >= 0.6 is 0 Å². The number of rotatable bonds is 3. The molecule has 4 aromatic rings. The molecule has 1 aliphatic heterocycles. The second kappa shape index (κ2) is 6.70. The van der Waals surface area contributed by atoms with Crippen LogP contribution in [0.3, 0.4) is 0 Å². The van der Waals surface area contributed by atoms with E-state index in [1.807, 2.05) is 29.6 Å². The van der Waals surface area contributed by atoms with E-state index in [1.165, 1.54) is 0 Å². The number of aromatic amines is 1. The van der Waals surface area contributed by atoms with Gasteiger partial charge in [-0.1, -0.05) is 6.92 Å². The molecule has 1 aliphatic rings. The quantitative estimate of drug-likeness (QED) is 0.593. The molecular weight excluding hydrogens is 354 g/mol. The number of nitrogens with one attached hydrogen (secondary N) is 1. The molecule has 4 aromatic heterocycles. The Balaban J connectivity index is 1.45. The zero-order chi connectivity index (χ0) is 19.1. The molecule has 0 unspecified atom stereocenters.